The lowest BCUT2D eigenvalue weighted by molar-refractivity contribution is 0.376. The van der Waals surface area contributed by atoms with Gasteiger partial charge in [0.2, 0.25) is 0 Å². The SMILES string of the molecule is CC1=C(/C=C/C(C)=C/C#C/C(C)=C/C#C/C=C(\C)CC#CC(C)/C=C/C2=C(C)CCCC2(C)C)C(C)(C)CCC1. The van der Waals surface area contributed by atoms with Crippen LogP contribution in [-0.2, 0) is 0 Å². The lowest BCUT2D eigenvalue weighted by atomic mass is 9.72. The second kappa shape index (κ2) is 15.6. The Morgan fingerprint density at radius 1 is 0.800 bits per heavy atom. The molecular formula is C40H52. The molecule has 0 aromatic rings. The Hall–Kier alpha value is -3.14. The van der Waals surface area contributed by atoms with Crippen LogP contribution in [0, 0.1) is 52.3 Å². The van der Waals surface area contributed by atoms with Crippen molar-refractivity contribution in [2.45, 2.75) is 114 Å². The van der Waals surface area contributed by atoms with Crippen LogP contribution in [0.3, 0.4) is 0 Å². The maximum absolute atomic E-state index is 3.38. The largest absolute Gasteiger partial charge is 0.0982 e. The van der Waals surface area contributed by atoms with Crippen LogP contribution in [0.5, 0.6) is 0 Å². The van der Waals surface area contributed by atoms with Crippen LogP contribution in [0.2, 0.25) is 0 Å². The first kappa shape index (κ1) is 33.1. The van der Waals surface area contributed by atoms with E-state index in [1.165, 1.54) is 72.0 Å². The third-order valence-corrected chi connectivity index (χ3v) is 8.11. The minimum atomic E-state index is 0.245. The Kier molecular flexibility index (Phi) is 12.9. The minimum absolute atomic E-state index is 0.245. The number of rotatable bonds is 5. The third kappa shape index (κ3) is 11.2. The van der Waals surface area contributed by atoms with Crippen LogP contribution in [0.4, 0.5) is 0 Å². The van der Waals surface area contributed by atoms with Crippen LogP contribution >= 0.6 is 0 Å². The zero-order valence-electron chi connectivity index (χ0n) is 27.1. The molecule has 0 saturated carbocycles. The molecule has 0 heterocycles. The van der Waals surface area contributed by atoms with Gasteiger partial charge in [-0.2, -0.15) is 0 Å². The summed E-state index contributed by atoms with van der Waals surface area (Å²) < 4.78 is 0. The molecule has 0 aromatic carbocycles. The summed E-state index contributed by atoms with van der Waals surface area (Å²) >= 11 is 0. The summed E-state index contributed by atoms with van der Waals surface area (Å²) in [5.41, 5.74) is 9.89. The zero-order valence-corrected chi connectivity index (χ0v) is 27.1. The molecule has 0 saturated heterocycles. The van der Waals surface area contributed by atoms with Gasteiger partial charge in [0.15, 0.2) is 0 Å². The van der Waals surface area contributed by atoms with Gasteiger partial charge in [-0.05, 0) is 126 Å². The molecule has 0 aliphatic heterocycles. The maximum atomic E-state index is 3.38. The summed E-state index contributed by atoms with van der Waals surface area (Å²) in [5, 5.41) is 0. The van der Waals surface area contributed by atoms with Crippen molar-refractivity contribution >= 4 is 0 Å². The van der Waals surface area contributed by atoms with Gasteiger partial charge in [-0.15, -0.1) is 0 Å². The molecule has 2 aliphatic rings. The fourth-order valence-corrected chi connectivity index (χ4v) is 5.59. The van der Waals surface area contributed by atoms with Crippen molar-refractivity contribution in [1.29, 1.82) is 0 Å². The molecule has 0 aromatic heterocycles. The van der Waals surface area contributed by atoms with E-state index in [1.54, 1.807) is 0 Å². The van der Waals surface area contributed by atoms with Crippen LogP contribution < -0.4 is 0 Å². The first-order valence-electron chi connectivity index (χ1n) is 15.1. The van der Waals surface area contributed by atoms with Gasteiger partial charge >= 0.3 is 0 Å². The number of hydrogen-bond donors (Lipinski definition) is 0. The zero-order chi connectivity index (χ0) is 29.8. The molecule has 0 spiro atoms. The fourth-order valence-electron chi connectivity index (χ4n) is 5.59. The lowest BCUT2D eigenvalue weighted by Crippen LogP contribution is -2.19. The van der Waals surface area contributed by atoms with E-state index in [0.717, 1.165) is 12.0 Å². The first-order valence-corrected chi connectivity index (χ1v) is 15.1. The first-order chi connectivity index (χ1) is 18.8. The summed E-state index contributed by atoms with van der Waals surface area (Å²) in [6.45, 7) is 22.4. The van der Waals surface area contributed by atoms with Gasteiger partial charge in [0, 0.05) is 17.9 Å². The Morgan fingerprint density at radius 3 is 1.98 bits per heavy atom. The van der Waals surface area contributed by atoms with Crippen LogP contribution in [0.1, 0.15) is 114 Å². The molecule has 0 amide bonds. The van der Waals surface area contributed by atoms with Crippen LogP contribution in [0.15, 0.2) is 81.5 Å². The average Bonchev–Trinajstić information content (AvgIpc) is 2.85. The maximum Gasteiger partial charge on any atom is 0.0357 e. The van der Waals surface area contributed by atoms with Gasteiger partial charge in [-0.1, -0.05) is 104 Å². The molecule has 1 atom stereocenters. The highest BCUT2D eigenvalue weighted by Gasteiger charge is 2.27. The molecule has 0 N–H and O–H groups in total. The summed E-state index contributed by atoms with van der Waals surface area (Å²) in [7, 11) is 0. The smallest absolute Gasteiger partial charge is 0.0357 e. The molecule has 0 radical (unpaired) electrons. The highest BCUT2D eigenvalue weighted by molar-refractivity contribution is 5.41. The molecule has 2 aliphatic carbocycles. The average molecular weight is 533 g/mol. The monoisotopic (exact) mass is 532 g/mol. The van der Waals surface area contributed by atoms with Crippen molar-refractivity contribution in [3.63, 3.8) is 0 Å². The normalized spacial score (nSPS) is 20.5. The molecule has 0 fully saturated rings. The van der Waals surface area contributed by atoms with E-state index in [1.807, 2.05) is 25.2 Å². The molecular weight excluding hydrogens is 480 g/mol. The van der Waals surface area contributed by atoms with Crippen molar-refractivity contribution in [1.82, 2.24) is 0 Å². The topological polar surface area (TPSA) is 0 Å². The number of allylic oxidation sites excluding steroid dienone is 14. The summed E-state index contributed by atoms with van der Waals surface area (Å²) in [5.74, 6) is 19.5. The van der Waals surface area contributed by atoms with Crippen molar-refractivity contribution in [2.24, 2.45) is 16.7 Å². The summed E-state index contributed by atoms with van der Waals surface area (Å²) in [6.07, 6.45) is 23.2. The van der Waals surface area contributed by atoms with Crippen molar-refractivity contribution in [3.8, 4) is 35.5 Å². The Bertz CT molecular complexity index is 1320. The highest BCUT2D eigenvalue weighted by Crippen LogP contribution is 2.41. The summed E-state index contributed by atoms with van der Waals surface area (Å²) in [4.78, 5) is 0. The van der Waals surface area contributed by atoms with Gasteiger partial charge in [0.05, 0.1) is 0 Å². The lowest BCUT2D eigenvalue weighted by Gasteiger charge is -2.33. The number of hydrogen-bond acceptors (Lipinski definition) is 0. The quantitative estimate of drug-likeness (QED) is 0.244. The molecule has 212 valence electrons. The van der Waals surface area contributed by atoms with E-state index >= 15 is 0 Å². The van der Waals surface area contributed by atoms with Gasteiger partial charge in [-0.3, -0.25) is 0 Å². The third-order valence-electron chi connectivity index (χ3n) is 8.11. The van der Waals surface area contributed by atoms with E-state index in [0.29, 0.717) is 0 Å². The Labute approximate surface area is 247 Å². The van der Waals surface area contributed by atoms with Crippen LogP contribution in [-0.4, -0.2) is 0 Å². The molecule has 1 unspecified atom stereocenters. The van der Waals surface area contributed by atoms with E-state index in [9.17, 15) is 0 Å². The molecule has 40 heavy (non-hydrogen) atoms. The predicted octanol–water partition coefficient (Wildman–Crippen LogP) is 11.0. The Morgan fingerprint density at radius 2 is 1.38 bits per heavy atom. The standard InChI is InChI=1S/C40H52/c1-31(19-13-21-33(3)25-27-37-35(5)23-15-29-39(37,7)8)17-11-12-18-32(2)20-14-22-34(4)26-28-38-36(6)24-16-30-40(38,9)10/h17-18,22,25-28,33H,15-16,19,23-24,29-30H2,1-10H3/b27-25+,28-26+,31-17+,32-18+,34-22+. The van der Waals surface area contributed by atoms with E-state index < -0.39 is 0 Å². The minimum Gasteiger partial charge on any atom is -0.0982 e. The summed E-state index contributed by atoms with van der Waals surface area (Å²) in [6, 6.07) is 0. The van der Waals surface area contributed by atoms with Gasteiger partial charge in [0.25, 0.3) is 0 Å². The second-order valence-electron chi connectivity index (χ2n) is 13.1. The van der Waals surface area contributed by atoms with Crippen molar-refractivity contribution in [3.05, 3.63) is 81.5 Å². The van der Waals surface area contributed by atoms with E-state index in [-0.39, 0.29) is 16.7 Å². The van der Waals surface area contributed by atoms with Crippen molar-refractivity contribution < 1.29 is 0 Å². The highest BCUT2D eigenvalue weighted by atomic mass is 14.3. The van der Waals surface area contributed by atoms with E-state index in [4.69, 9.17) is 0 Å². The Balaban J connectivity index is 1.89. The van der Waals surface area contributed by atoms with Gasteiger partial charge in [-0.25, -0.2) is 0 Å². The molecule has 0 bridgehead atoms. The van der Waals surface area contributed by atoms with Gasteiger partial charge in [0.1, 0.15) is 0 Å². The van der Waals surface area contributed by atoms with Crippen molar-refractivity contribution in [2.75, 3.05) is 0 Å². The van der Waals surface area contributed by atoms with Gasteiger partial charge < -0.3 is 0 Å². The molecule has 0 nitrogen and oxygen atoms in total. The fraction of sp³-hybridized carbons (Fsp3) is 0.500. The molecule has 0 heteroatoms. The van der Waals surface area contributed by atoms with E-state index in [2.05, 4.69) is 122 Å². The van der Waals surface area contributed by atoms with Crippen LogP contribution in [0.25, 0.3) is 0 Å². The predicted molar refractivity (Wildman–Crippen MR) is 177 cm³/mol. The molecule has 2 rings (SSSR count). The second-order valence-corrected chi connectivity index (χ2v) is 13.1.